The molecule has 2 heterocycles. The maximum absolute atomic E-state index is 13.2. The van der Waals surface area contributed by atoms with Crippen LogP contribution >= 0.6 is 0 Å². The zero-order chi connectivity index (χ0) is 22.7. The lowest BCUT2D eigenvalue weighted by Crippen LogP contribution is -2.40. The minimum Gasteiger partial charge on any atom is -0.497 e. The van der Waals surface area contributed by atoms with Gasteiger partial charge in [0.15, 0.2) is 0 Å². The topological polar surface area (TPSA) is 70.2 Å². The first kappa shape index (κ1) is 21.7. The number of piperidine rings is 1. The zero-order valence-electron chi connectivity index (χ0n) is 17.4. The third-order valence-corrected chi connectivity index (χ3v) is 5.66. The smallest absolute Gasteiger partial charge is 0.418 e. The van der Waals surface area contributed by atoms with Gasteiger partial charge in [-0.05, 0) is 43.2 Å². The van der Waals surface area contributed by atoms with E-state index in [1.165, 1.54) is 18.2 Å². The second-order valence-corrected chi connectivity index (χ2v) is 7.68. The number of benzene rings is 2. The number of rotatable bonds is 4. The van der Waals surface area contributed by atoms with Gasteiger partial charge in [-0.15, -0.1) is 0 Å². The van der Waals surface area contributed by atoms with Crippen LogP contribution < -0.4 is 10.1 Å². The van der Waals surface area contributed by atoms with Crippen LogP contribution in [-0.4, -0.2) is 41.3 Å². The van der Waals surface area contributed by atoms with E-state index in [9.17, 15) is 18.0 Å². The number of hydrogen-bond donors (Lipinski definition) is 2. The number of aromatic nitrogens is 2. The number of amides is 2. The van der Waals surface area contributed by atoms with Gasteiger partial charge in [0.05, 0.1) is 24.1 Å². The fraction of sp³-hybridized carbons (Fsp3) is 0.304. The minimum atomic E-state index is -4.53. The third kappa shape index (κ3) is 4.71. The van der Waals surface area contributed by atoms with E-state index in [4.69, 9.17) is 4.74 Å². The molecule has 0 radical (unpaired) electrons. The van der Waals surface area contributed by atoms with Crippen molar-refractivity contribution in [3.05, 3.63) is 65.9 Å². The van der Waals surface area contributed by atoms with Gasteiger partial charge in [-0.25, -0.2) is 4.79 Å². The largest absolute Gasteiger partial charge is 0.497 e. The molecule has 0 aliphatic carbocycles. The monoisotopic (exact) mass is 444 g/mol. The van der Waals surface area contributed by atoms with Crippen molar-refractivity contribution in [1.82, 2.24) is 15.1 Å². The number of ether oxygens (including phenoxy) is 1. The van der Waals surface area contributed by atoms with Crippen LogP contribution in [0, 0.1) is 0 Å². The molecule has 1 saturated heterocycles. The van der Waals surface area contributed by atoms with Crippen LogP contribution in [0.4, 0.5) is 23.7 Å². The number of methoxy groups -OCH3 is 1. The molecular weight excluding hydrogens is 421 g/mol. The molecule has 3 aromatic rings. The quantitative estimate of drug-likeness (QED) is 0.557. The number of H-pyrrole nitrogens is 1. The lowest BCUT2D eigenvalue weighted by atomic mass is 9.93. The number of hydrogen-bond acceptors (Lipinski definition) is 3. The van der Waals surface area contributed by atoms with E-state index in [0.29, 0.717) is 25.9 Å². The van der Waals surface area contributed by atoms with E-state index in [0.717, 1.165) is 28.8 Å². The van der Waals surface area contributed by atoms with Gasteiger partial charge in [-0.1, -0.05) is 24.3 Å². The maximum atomic E-state index is 13.2. The van der Waals surface area contributed by atoms with E-state index in [2.05, 4.69) is 15.5 Å². The summed E-state index contributed by atoms with van der Waals surface area (Å²) in [6.07, 6.45) is -3.15. The summed E-state index contributed by atoms with van der Waals surface area (Å²) in [5.41, 5.74) is 1.63. The van der Waals surface area contributed by atoms with Crippen LogP contribution in [-0.2, 0) is 6.18 Å². The summed E-state index contributed by atoms with van der Waals surface area (Å²) in [4.78, 5) is 14.1. The summed E-state index contributed by atoms with van der Waals surface area (Å²) in [5.74, 6) is 0.937. The van der Waals surface area contributed by atoms with Crippen molar-refractivity contribution in [3.63, 3.8) is 0 Å². The number of urea groups is 1. The highest BCUT2D eigenvalue weighted by molar-refractivity contribution is 5.90. The van der Waals surface area contributed by atoms with Gasteiger partial charge in [0.25, 0.3) is 0 Å². The average Bonchev–Trinajstić information content (AvgIpc) is 3.29. The van der Waals surface area contributed by atoms with Crippen LogP contribution in [0.2, 0.25) is 0 Å². The molecule has 32 heavy (non-hydrogen) atoms. The Balaban J connectivity index is 1.38. The molecule has 6 nitrogen and oxygen atoms in total. The Morgan fingerprint density at radius 3 is 2.59 bits per heavy atom. The van der Waals surface area contributed by atoms with Gasteiger partial charge in [-0.2, -0.15) is 18.3 Å². The summed E-state index contributed by atoms with van der Waals surface area (Å²) in [6, 6.07) is 14.1. The molecule has 168 valence electrons. The number of anilines is 1. The molecule has 1 aliphatic heterocycles. The molecule has 1 fully saturated rings. The second kappa shape index (κ2) is 8.94. The Bertz CT molecular complexity index is 1090. The Morgan fingerprint density at radius 2 is 1.88 bits per heavy atom. The number of para-hydroxylation sites is 1. The standard InChI is InChI=1S/C23H23F3N4O2/c1-32-17-6-4-5-16(13-17)21-14-20(28-29-21)15-9-11-30(12-10-15)22(31)27-19-8-3-2-7-18(19)23(24,25)26/h2-8,13-15H,9-12H2,1H3,(H,27,31)(H,28,29). The molecule has 9 heteroatoms. The van der Waals surface area contributed by atoms with Crippen molar-refractivity contribution in [2.75, 3.05) is 25.5 Å². The van der Waals surface area contributed by atoms with Crippen LogP contribution in [0.15, 0.2) is 54.6 Å². The lowest BCUT2D eigenvalue weighted by molar-refractivity contribution is -0.136. The van der Waals surface area contributed by atoms with Gasteiger partial charge in [0.2, 0.25) is 0 Å². The zero-order valence-corrected chi connectivity index (χ0v) is 17.4. The first-order valence-corrected chi connectivity index (χ1v) is 10.3. The number of likely N-dealkylation sites (tertiary alicyclic amines) is 1. The maximum Gasteiger partial charge on any atom is 0.418 e. The molecule has 0 saturated carbocycles. The van der Waals surface area contributed by atoms with Gasteiger partial charge in [0.1, 0.15) is 5.75 Å². The number of alkyl halides is 3. The predicted molar refractivity (Wildman–Crippen MR) is 115 cm³/mol. The number of carbonyl (C=O) groups excluding carboxylic acids is 1. The third-order valence-electron chi connectivity index (χ3n) is 5.66. The van der Waals surface area contributed by atoms with Crippen molar-refractivity contribution in [2.45, 2.75) is 24.9 Å². The lowest BCUT2D eigenvalue weighted by Gasteiger charge is -2.31. The van der Waals surface area contributed by atoms with Crippen molar-refractivity contribution in [2.24, 2.45) is 0 Å². The number of nitrogens with zero attached hydrogens (tertiary/aromatic N) is 2. The van der Waals surface area contributed by atoms with Crippen molar-refractivity contribution in [1.29, 1.82) is 0 Å². The van der Waals surface area contributed by atoms with Gasteiger partial charge >= 0.3 is 12.2 Å². The van der Waals surface area contributed by atoms with E-state index in [1.54, 1.807) is 12.0 Å². The Morgan fingerprint density at radius 1 is 1.12 bits per heavy atom. The molecule has 0 spiro atoms. The van der Waals surface area contributed by atoms with Crippen molar-refractivity contribution >= 4 is 11.7 Å². The van der Waals surface area contributed by atoms with Crippen molar-refractivity contribution < 1.29 is 22.7 Å². The number of carbonyl (C=O) groups is 1. The van der Waals surface area contributed by atoms with E-state index in [-0.39, 0.29) is 11.6 Å². The van der Waals surface area contributed by atoms with Crippen LogP contribution in [0.25, 0.3) is 11.3 Å². The number of aromatic amines is 1. The van der Waals surface area contributed by atoms with Crippen molar-refractivity contribution in [3.8, 4) is 17.0 Å². The highest BCUT2D eigenvalue weighted by Crippen LogP contribution is 2.35. The Labute approximate surface area is 183 Å². The molecule has 1 aromatic heterocycles. The minimum absolute atomic E-state index is 0.188. The summed E-state index contributed by atoms with van der Waals surface area (Å²) < 4.78 is 44.8. The Kier molecular flexibility index (Phi) is 6.07. The van der Waals surface area contributed by atoms with Crippen LogP contribution in [0.1, 0.15) is 30.0 Å². The normalized spacial score (nSPS) is 14.9. The molecule has 4 rings (SSSR count). The van der Waals surface area contributed by atoms with Gasteiger partial charge < -0.3 is 15.0 Å². The first-order valence-electron chi connectivity index (χ1n) is 10.3. The summed E-state index contributed by atoms with van der Waals surface area (Å²) >= 11 is 0. The molecule has 2 amide bonds. The Hall–Kier alpha value is -3.49. The van der Waals surface area contributed by atoms with Gasteiger partial charge in [0, 0.05) is 30.3 Å². The fourth-order valence-corrected chi connectivity index (χ4v) is 3.90. The van der Waals surface area contributed by atoms with Gasteiger partial charge in [-0.3, -0.25) is 5.10 Å². The van der Waals surface area contributed by atoms with E-state index in [1.807, 2.05) is 30.3 Å². The first-order chi connectivity index (χ1) is 15.3. The molecule has 1 aliphatic rings. The summed E-state index contributed by atoms with van der Waals surface area (Å²) in [5, 5.41) is 9.90. The molecule has 2 aromatic carbocycles. The second-order valence-electron chi connectivity index (χ2n) is 7.68. The molecule has 0 atom stereocenters. The molecule has 0 unspecified atom stereocenters. The average molecular weight is 444 g/mol. The van der Waals surface area contributed by atoms with Crippen LogP contribution in [0.3, 0.4) is 0 Å². The number of nitrogens with one attached hydrogen (secondary N) is 2. The predicted octanol–water partition coefficient (Wildman–Crippen LogP) is 5.52. The number of halogens is 3. The van der Waals surface area contributed by atoms with E-state index >= 15 is 0 Å². The molecular formula is C23H23F3N4O2. The highest BCUT2D eigenvalue weighted by atomic mass is 19.4. The SMILES string of the molecule is COc1cccc(-c2cc(C3CCN(C(=O)Nc4ccccc4C(F)(F)F)CC3)[nH]n2)c1. The molecule has 0 bridgehead atoms. The van der Waals surface area contributed by atoms with E-state index < -0.39 is 17.8 Å². The highest BCUT2D eigenvalue weighted by Gasteiger charge is 2.34. The molecule has 2 N–H and O–H groups in total. The summed E-state index contributed by atoms with van der Waals surface area (Å²) in [6.45, 7) is 0.885. The van der Waals surface area contributed by atoms with Crippen LogP contribution in [0.5, 0.6) is 5.75 Å². The fourth-order valence-electron chi connectivity index (χ4n) is 3.90. The summed E-state index contributed by atoms with van der Waals surface area (Å²) in [7, 11) is 1.61.